The molecule has 0 bridgehead atoms. The van der Waals surface area contributed by atoms with Gasteiger partial charge in [0, 0.05) is 68.7 Å². The minimum Gasteiger partial charge on any atom is -0.507 e. The highest BCUT2D eigenvalue weighted by atomic mass is 16.6. The zero-order chi connectivity index (χ0) is 33.8. The largest absolute Gasteiger partial charge is 0.507 e. The fraction of sp³-hybridized carbons (Fsp3) is 0.595. The smallest absolute Gasteiger partial charge is 0.410 e. The molecular weight excluding hydrogens is 618 g/mol. The number of nitrogens with zero attached hydrogens (tertiary/aromatic N) is 8. The lowest BCUT2D eigenvalue weighted by Crippen LogP contribution is -2.61. The Bertz CT molecular complexity index is 1650. The van der Waals surface area contributed by atoms with Gasteiger partial charge in [-0.15, -0.1) is 10.2 Å². The lowest BCUT2D eigenvalue weighted by molar-refractivity contribution is -0.0595. The van der Waals surface area contributed by atoms with Crippen molar-refractivity contribution in [1.82, 2.24) is 30.0 Å². The fourth-order valence-electron chi connectivity index (χ4n) is 8.71. The molecule has 0 unspecified atom stereocenters. The number of carbonyl (C=O) groups is 1. The van der Waals surface area contributed by atoms with Crippen LogP contribution >= 0.6 is 0 Å². The molecule has 12 heteroatoms. The summed E-state index contributed by atoms with van der Waals surface area (Å²) in [5.41, 5.74) is 3.50. The van der Waals surface area contributed by atoms with Crippen LogP contribution in [0.1, 0.15) is 70.8 Å². The number of phenolic OH excluding ortho intramolecular Hbond substituents is 1. The maximum absolute atomic E-state index is 12.4. The number of aromatic hydroxyl groups is 1. The van der Waals surface area contributed by atoms with Gasteiger partial charge in [-0.3, -0.25) is 0 Å². The van der Waals surface area contributed by atoms with Gasteiger partial charge in [0.05, 0.1) is 17.4 Å². The summed E-state index contributed by atoms with van der Waals surface area (Å²) in [5, 5.41) is 22.7. The molecule has 1 aromatic carbocycles. The summed E-state index contributed by atoms with van der Waals surface area (Å²) in [4.78, 5) is 31.5. The monoisotopic (exact) mass is 667 g/mol. The molecule has 6 heterocycles. The number of likely N-dealkylation sites (tertiary alicyclic amines) is 2. The molecule has 0 radical (unpaired) electrons. The molecule has 3 saturated heterocycles. The van der Waals surface area contributed by atoms with Crippen molar-refractivity contribution >= 4 is 23.5 Å². The third kappa shape index (κ3) is 6.47. The van der Waals surface area contributed by atoms with Gasteiger partial charge in [0.1, 0.15) is 11.4 Å². The van der Waals surface area contributed by atoms with Crippen LogP contribution in [0, 0.1) is 5.41 Å². The normalized spacial score (nSPS) is 23.0. The number of benzene rings is 1. The van der Waals surface area contributed by atoms with Gasteiger partial charge in [-0.1, -0.05) is 12.1 Å². The van der Waals surface area contributed by atoms with Crippen LogP contribution in [0.5, 0.6) is 5.75 Å². The van der Waals surface area contributed by atoms with Crippen LogP contribution < -0.4 is 15.1 Å². The molecule has 1 spiro atoms. The number of ether oxygens (including phenoxy) is 1. The second-order valence-corrected chi connectivity index (χ2v) is 15.8. The number of piperidine rings is 1. The van der Waals surface area contributed by atoms with Crippen LogP contribution in [0.4, 0.5) is 22.2 Å². The van der Waals surface area contributed by atoms with E-state index in [2.05, 4.69) is 42.6 Å². The molecule has 1 saturated carbocycles. The molecular formula is C37H49N9O3. The summed E-state index contributed by atoms with van der Waals surface area (Å²) in [5.74, 6) is 2.29. The van der Waals surface area contributed by atoms with E-state index in [0.29, 0.717) is 28.6 Å². The van der Waals surface area contributed by atoms with Crippen LogP contribution in [-0.4, -0.2) is 111 Å². The number of nitrogens with one attached hydrogen (secondary N) is 1. The zero-order valence-corrected chi connectivity index (χ0v) is 29.0. The lowest BCUT2D eigenvalue weighted by atomic mass is 9.67. The highest BCUT2D eigenvalue weighted by molar-refractivity contribution is 5.76. The Morgan fingerprint density at radius 1 is 0.959 bits per heavy atom. The fourth-order valence-corrected chi connectivity index (χ4v) is 8.71. The van der Waals surface area contributed by atoms with E-state index >= 15 is 0 Å². The number of carbonyl (C=O) groups excluding carboxylic acids is 1. The van der Waals surface area contributed by atoms with E-state index in [1.807, 2.05) is 49.9 Å². The van der Waals surface area contributed by atoms with Crippen molar-refractivity contribution in [3.05, 3.63) is 48.3 Å². The number of rotatable bonds is 4. The summed E-state index contributed by atoms with van der Waals surface area (Å²) < 4.78 is 5.58. The first-order chi connectivity index (χ1) is 23.6. The average molecular weight is 668 g/mol. The standard InChI is InChI=1S/C37H49N9O3/c1-36(2,3)49-35(48)45-23-37(24-45)12-8-27(9-13-37)43-14-10-25(11-15-43)26-19-39-34(40-20-26)44-16-17-46-28(22-44)21-38-33-31(46)18-30(41-42-33)29-6-4-5-7-32(29)47/h4-7,18-20,25,27-28,47H,8-17,21-24H2,1-3H3,(H,38,42)/t28-/m0/s1. The zero-order valence-electron chi connectivity index (χ0n) is 29.0. The van der Waals surface area contributed by atoms with Gasteiger partial charge in [-0.25, -0.2) is 14.8 Å². The average Bonchev–Trinajstić information content (AvgIpc) is 3.10. The first-order valence-corrected chi connectivity index (χ1v) is 18.1. The minimum absolute atomic E-state index is 0.161. The lowest BCUT2D eigenvalue weighted by Gasteiger charge is -2.54. The molecule has 2 aromatic heterocycles. The Morgan fingerprint density at radius 2 is 1.69 bits per heavy atom. The number of phenols is 1. The Labute approximate surface area is 288 Å². The predicted octanol–water partition coefficient (Wildman–Crippen LogP) is 5.12. The number of amides is 1. The number of hydrogen-bond donors (Lipinski definition) is 2. The van der Waals surface area contributed by atoms with E-state index in [4.69, 9.17) is 14.7 Å². The molecule has 12 nitrogen and oxygen atoms in total. The van der Waals surface area contributed by atoms with Crippen LogP contribution in [-0.2, 0) is 4.74 Å². The van der Waals surface area contributed by atoms with Crippen molar-refractivity contribution in [2.24, 2.45) is 5.41 Å². The molecule has 3 aromatic rings. The predicted molar refractivity (Wildman–Crippen MR) is 189 cm³/mol. The highest BCUT2D eigenvalue weighted by Crippen LogP contribution is 2.46. The van der Waals surface area contributed by atoms with E-state index in [-0.39, 0.29) is 17.9 Å². The molecule has 5 aliphatic rings. The Balaban J connectivity index is 0.818. The SMILES string of the molecule is CC(C)(C)OC(=O)N1CC2(CCC(N3CCC(c4cnc(N5CCN6c7cc(-c8ccccc8O)nnc7NC[C@H]6C5)nc4)CC3)CC2)C1. The third-order valence-corrected chi connectivity index (χ3v) is 11.4. The van der Waals surface area contributed by atoms with Gasteiger partial charge >= 0.3 is 6.09 Å². The highest BCUT2D eigenvalue weighted by Gasteiger charge is 2.48. The number of hydrogen-bond acceptors (Lipinski definition) is 11. The number of anilines is 3. The Kier molecular flexibility index (Phi) is 8.24. The van der Waals surface area contributed by atoms with Crippen molar-refractivity contribution in [3.8, 4) is 17.0 Å². The van der Waals surface area contributed by atoms with Crippen LogP contribution in [0.25, 0.3) is 11.3 Å². The van der Waals surface area contributed by atoms with Gasteiger partial charge in [0.15, 0.2) is 5.82 Å². The molecule has 2 N–H and O–H groups in total. The van der Waals surface area contributed by atoms with Crippen molar-refractivity contribution in [1.29, 1.82) is 0 Å². The van der Waals surface area contributed by atoms with Crippen LogP contribution in [0.15, 0.2) is 42.7 Å². The van der Waals surface area contributed by atoms with Crippen molar-refractivity contribution in [3.63, 3.8) is 0 Å². The maximum atomic E-state index is 12.4. The van der Waals surface area contributed by atoms with Crippen molar-refractivity contribution in [2.45, 2.75) is 82.9 Å². The second kappa shape index (κ2) is 12.6. The topological polar surface area (TPSA) is 123 Å². The molecule has 4 fully saturated rings. The molecule has 49 heavy (non-hydrogen) atoms. The number of aromatic nitrogens is 4. The first-order valence-electron chi connectivity index (χ1n) is 18.1. The summed E-state index contributed by atoms with van der Waals surface area (Å²) in [6.45, 7) is 13.0. The Morgan fingerprint density at radius 3 is 2.41 bits per heavy atom. The molecule has 1 atom stereocenters. The van der Waals surface area contributed by atoms with E-state index < -0.39 is 5.60 Å². The van der Waals surface area contributed by atoms with E-state index in [1.54, 1.807) is 6.07 Å². The van der Waals surface area contributed by atoms with Crippen molar-refractivity contribution < 1.29 is 14.6 Å². The van der Waals surface area contributed by atoms with Gasteiger partial charge < -0.3 is 34.8 Å². The third-order valence-electron chi connectivity index (χ3n) is 11.4. The molecule has 1 amide bonds. The molecule has 1 aliphatic carbocycles. The van der Waals surface area contributed by atoms with Gasteiger partial charge in [0.2, 0.25) is 5.95 Å². The van der Waals surface area contributed by atoms with E-state index in [0.717, 1.165) is 82.7 Å². The number of para-hydroxylation sites is 1. The molecule has 4 aliphatic heterocycles. The summed E-state index contributed by atoms with van der Waals surface area (Å²) >= 11 is 0. The second-order valence-electron chi connectivity index (χ2n) is 15.8. The van der Waals surface area contributed by atoms with Crippen molar-refractivity contribution in [2.75, 3.05) is 67.5 Å². The summed E-state index contributed by atoms with van der Waals surface area (Å²) in [6, 6.07) is 10.2. The minimum atomic E-state index is -0.437. The first kappa shape index (κ1) is 32.0. The van der Waals surface area contributed by atoms with Gasteiger partial charge in [-0.05, 0) is 102 Å². The summed E-state index contributed by atoms with van der Waals surface area (Å²) in [7, 11) is 0. The van der Waals surface area contributed by atoms with E-state index in [9.17, 15) is 9.90 Å². The number of piperazine rings is 1. The van der Waals surface area contributed by atoms with Gasteiger partial charge in [-0.2, -0.15) is 0 Å². The Hall–Kier alpha value is -4.19. The van der Waals surface area contributed by atoms with Gasteiger partial charge in [0.25, 0.3) is 0 Å². The summed E-state index contributed by atoms with van der Waals surface area (Å²) in [6.07, 6.45) is 11.1. The van der Waals surface area contributed by atoms with E-state index in [1.165, 1.54) is 31.2 Å². The van der Waals surface area contributed by atoms with Crippen LogP contribution in [0.2, 0.25) is 0 Å². The quantitative estimate of drug-likeness (QED) is 0.386. The number of fused-ring (bicyclic) bond motifs is 3. The van der Waals surface area contributed by atoms with Crippen LogP contribution in [0.3, 0.4) is 0 Å². The molecule has 260 valence electrons. The maximum Gasteiger partial charge on any atom is 0.410 e. The molecule has 8 rings (SSSR count).